The molecule has 32 heavy (non-hydrogen) atoms. The summed E-state index contributed by atoms with van der Waals surface area (Å²) in [5.74, 6) is -2.40. The molecular formula is C20H16F4N4O3S. The van der Waals surface area contributed by atoms with Crippen LogP contribution in [0.3, 0.4) is 0 Å². The predicted molar refractivity (Wildman–Crippen MR) is 110 cm³/mol. The highest BCUT2D eigenvalue weighted by atomic mass is 32.1. The van der Waals surface area contributed by atoms with Gasteiger partial charge in [0.2, 0.25) is 11.7 Å². The van der Waals surface area contributed by atoms with Gasteiger partial charge in [-0.25, -0.2) is 9.37 Å². The molecule has 0 radical (unpaired) electrons. The first-order valence-corrected chi connectivity index (χ1v) is 9.79. The van der Waals surface area contributed by atoms with Crippen molar-refractivity contribution in [1.29, 1.82) is 0 Å². The summed E-state index contributed by atoms with van der Waals surface area (Å²) in [7, 11) is 0. The molecule has 168 valence electrons. The Bertz CT molecular complexity index is 1130. The lowest BCUT2D eigenvalue weighted by molar-refractivity contribution is -0.274. The highest BCUT2D eigenvalue weighted by Gasteiger charge is 2.31. The monoisotopic (exact) mass is 468 g/mol. The Balaban J connectivity index is 1.94. The Morgan fingerprint density at radius 1 is 1.09 bits per heavy atom. The number of amides is 1. The van der Waals surface area contributed by atoms with Gasteiger partial charge in [-0.15, -0.1) is 13.2 Å². The molecule has 1 amide bonds. The largest absolute Gasteiger partial charge is 0.573 e. The maximum Gasteiger partial charge on any atom is 0.573 e. The molecule has 0 fully saturated rings. The number of nitrogens with two attached hydrogens (primary N) is 2. The molecule has 1 aromatic heterocycles. The molecule has 12 heteroatoms. The third-order valence-electron chi connectivity index (χ3n) is 4.31. The van der Waals surface area contributed by atoms with Crippen LogP contribution in [0.5, 0.6) is 5.75 Å². The first kappa shape index (κ1) is 23.0. The van der Waals surface area contributed by atoms with Gasteiger partial charge in [-0.1, -0.05) is 11.3 Å². The van der Waals surface area contributed by atoms with Crippen molar-refractivity contribution >= 4 is 39.7 Å². The lowest BCUT2D eigenvalue weighted by Crippen LogP contribution is -2.39. The number of aromatic nitrogens is 1. The van der Waals surface area contributed by atoms with E-state index in [-0.39, 0.29) is 21.4 Å². The third-order valence-corrected chi connectivity index (χ3v) is 5.38. The van der Waals surface area contributed by atoms with Crippen LogP contribution in [0.1, 0.15) is 22.2 Å². The Morgan fingerprint density at radius 2 is 1.69 bits per heavy atom. The topological polar surface area (TPSA) is 112 Å². The van der Waals surface area contributed by atoms with Crippen LogP contribution in [0.25, 0.3) is 0 Å². The first-order valence-electron chi connectivity index (χ1n) is 8.97. The van der Waals surface area contributed by atoms with E-state index in [1.807, 2.05) is 0 Å². The van der Waals surface area contributed by atoms with Crippen molar-refractivity contribution in [1.82, 2.24) is 4.98 Å². The number of ether oxygens (including phenoxy) is 1. The van der Waals surface area contributed by atoms with E-state index in [9.17, 15) is 27.2 Å². The number of ketones is 1. The summed E-state index contributed by atoms with van der Waals surface area (Å²) in [4.78, 5) is 30.2. The molecule has 0 aliphatic rings. The standard InChI is InChI=1S/C20H16F4N4O3S/c1-10(18(26)30)28(13-6-4-12(21)5-7-13)19-27-17(25)16(32-19)15(29)11-2-8-14(9-3-11)31-20(22,23)24/h2-10H,25H2,1H3,(H2,26,30)/t10-/m1/s1. The van der Waals surface area contributed by atoms with Gasteiger partial charge >= 0.3 is 6.36 Å². The quantitative estimate of drug-likeness (QED) is 0.400. The van der Waals surface area contributed by atoms with Gasteiger partial charge in [-0.3, -0.25) is 9.59 Å². The normalized spacial score (nSPS) is 12.3. The number of halogens is 4. The number of hydrogen-bond donors (Lipinski definition) is 2. The van der Waals surface area contributed by atoms with Crippen LogP contribution in [0.2, 0.25) is 0 Å². The minimum Gasteiger partial charge on any atom is -0.406 e. The maximum absolute atomic E-state index is 13.3. The molecule has 0 unspecified atom stereocenters. The lowest BCUT2D eigenvalue weighted by Gasteiger charge is -2.26. The number of alkyl halides is 3. The van der Waals surface area contributed by atoms with Crippen LogP contribution in [0, 0.1) is 5.82 Å². The van der Waals surface area contributed by atoms with E-state index in [4.69, 9.17) is 11.5 Å². The highest BCUT2D eigenvalue weighted by molar-refractivity contribution is 7.18. The minimum absolute atomic E-state index is 0.00766. The second kappa shape index (κ2) is 8.83. The molecule has 1 atom stereocenters. The SMILES string of the molecule is C[C@H](C(N)=O)N(c1ccc(F)cc1)c1nc(N)c(C(=O)c2ccc(OC(F)(F)F)cc2)s1. The summed E-state index contributed by atoms with van der Waals surface area (Å²) in [6, 6.07) is 8.59. The van der Waals surface area contributed by atoms with Crippen LogP contribution in [0.4, 0.5) is 34.2 Å². The van der Waals surface area contributed by atoms with E-state index in [2.05, 4.69) is 9.72 Å². The first-order chi connectivity index (χ1) is 15.0. The molecule has 0 aliphatic carbocycles. The van der Waals surface area contributed by atoms with E-state index in [0.717, 1.165) is 35.6 Å². The van der Waals surface area contributed by atoms with Gasteiger partial charge in [0.05, 0.1) is 0 Å². The fourth-order valence-corrected chi connectivity index (χ4v) is 3.80. The second-order valence-corrected chi connectivity index (χ2v) is 7.51. The number of nitrogens with zero attached hydrogens (tertiary/aromatic N) is 2. The molecule has 0 aliphatic heterocycles. The van der Waals surface area contributed by atoms with Crippen molar-refractivity contribution < 1.29 is 31.9 Å². The van der Waals surface area contributed by atoms with Crippen molar-refractivity contribution in [3.63, 3.8) is 0 Å². The van der Waals surface area contributed by atoms with Crippen LogP contribution < -0.4 is 21.1 Å². The lowest BCUT2D eigenvalue weighted by atomic mass is 10.1. The van der Waals surface area contributed by atoms with Crippen LogP contribution in [-0.2, 0) is 4.79 Å². The highest BCUT2D eigenvalue weighted by Crippen LogP contribution is 2.36. The van der Waals surface area contributed by atoms with E-state index >= 15 is 0 Å². The molecule has 0 saturated heterocycles. The predicted octanol–water partition coefficient (Wildman–Crippen LogP) is 4.01. The number of rotatable bonds is 7. The van der Waals surface area contributed by atoms with Gasteiger partial charge < -0.3 is 21.1 Å². The van der Waals surface area contributed by atoms with Crippen LogP contribution >= 0.6 is 11.3 Å². The van der Waals surface area contributed by atoms with Gasteiger partial charge in [-0.2, -0.15) is 0 Å². The fourth-order valence-electron chi connectivity index (χ4n) is 2.75. The molecule has 0 saturated carbocycles. The molecule has 0 spiro atoms. The van der Waals surface area contributed by atoms with E-state index < -0.39 is 35.7 Å². The van der Waals surface area contributed by atoms with Gasteiger partial charge in [-0.05, 0) is 55.5 Å². The minimum atomic E-state index is -4.86. The summed E-state index contributed by atoms with van der Waals surface area (Å²) < 4.78 is 54.0. The molecule has 1 heterocycles. The van der Waals surface area contributed by atoms with Gasteiger partial charge in [0.1, 0.15) is 28.3 Å². The summed E-state index contributed by atoms with van der Waals surface area (Å²) in [6.07, 6.45) is -4.86. The van der Waals surface area contributed by atoms with Crippen molar-refractivity contribution in [2.24, 2.45) is 5.73 Å². The maximum atomic E-state index is 13.3. The Kier molecular flexibility index (Phi) is 6.35. The second-order valence-electron chi connectivity index (χ2n) is 6.54. The number of primary amides is 1. The summed E-state index contributed by atoms with van der Waals surface area (Å²) in [5.41, 5.74) is 11.8. The zero-order valence-electron chi connectivity index (χ0n) is 16.4. The number of benzene rings is 2. The number of carbonyl (C=O) groups is 2. The summed E-state index contributed by atoms with van der Waals surface area (Å²) in [6.45, 7) is 1.50. The molecule has 3 aromatic rings. The number of nitrogen functional groups attached to an aromatic ring is 1. The Morgan fingerprint density at radius 3 is 2.22 bits per heavy atom. The van der Waals surface area contributed by atoms with E-state index in [1.54, 1.807) is 0 Å². The van der Waals surface area contributed by atoms with Crippen LogP contribution in [0.15, 0.2) is 48.5 Å². The average molecular weight is 468 g/mol. The van der Waals surface area contributed by atoms with Crippen LogP contribution in [-0.4, -0.2) is 29.1 Å². The van der Waals surface area contributed by atoms with Gasteiger partial charge in [0.15, 0.2) is 5.13 Å². The van der Waals surface area contributed by atoms with E-state index in [0.29, 0.717) is 5.69 Å². The Labute approximate surface area is 183 Å². The zero-order chi connectivity index (χ0) is 23.6. The zero-order valence-corrected chi connectivity index (χ0v) is 17.2. The summed E-state index contributed by atoms with van der Waals surface area (Å²) >= 11 is 0.857. The number of carbonyl (C=O) groups excluding carboxylic acids is 2. The van der Waals surface area contributed by atoms with Gasteiger partial charge in [0.25, 0.3) is 0 Å². The van der Waals surface area contributed by atoms with Crippen molar-refractivity contribution in [2.45, 2.75) is 19.3 Å². The third kappa shape index (κ3) is 5.14. The van der Waals surface area contributed by atoms with Crippen molar-refractivity contribution in [2.75, 3.05) is 10.6 Å². The fraction of sp³-hybridized carbons (Fsp3) is 0.150. The smallest absolute Gasteiger partial charge is 0.406 e. The number of hydrogen-bond acceptors (Lipinski definition) is 7. The van der Waals surface area contributed by atoms with E-state index in [1.165, 1.54) is 36.1 Å². The molecule has 2 aromatic carbocycles. The molecular weight excluding hydrogens is 452 g/mol. The molecule has 0 bridgehead atoms. The Hall–Kier alpha value is -3.67. The number of thiazole rings is 1. The van der Waals surface area contributed by atoms with Gasteiger partial charge in [0, 0.05) is 11.3 Å². The van der Waals surface area contributed by atoms with Crippen molar-refractivity contribution in [3.8, 4) is 5.75 Å². The number of anilines is 3. The molecule has 7 nitrogen and oxygen atoms in total. The molecule has 3 rings (SSSR count). The molecule has 4 N–H and O–H groups in total. The van der Waals surface area contributed by atoms with Crippen molar-refractivity contribution in [3.05, 3.63) is 64.8 Å². The summed E-state index contributed by atoms with van der Waals surface area (Å²) in [5, 5.41) is 0.154. The average Bonchev–Trinajstić information content (AvgIpc) is 3.09.